The summed E-state index contributed by atoms with van der Waals surface area (Å²) < 4.78 is 25.0. The number of ether oxygens (including phenoxy) is 3. The van der Waals surface area contributed by atoms with Crippen molar-refractivity contribution >= 4 is 14.2 Å². The van der Waals surface area contributed by atoms with E-state index >= 15 is 0 Å². The van der Waals surface area contributed by atoms with Gasteiger partial charge in [-0.3, -0.25) is 4.79 Å². The van der Waals surface area contributed by atoms with Crippen molar-refractivity contribution in [1.29, 1.82) is 0 Å². The second-order valence-corrected chi connectivity index (χ2v) is 16.1. The number of hydrogen-bond acceptors (Lipinski definition) is 5. The van der Waals surface area contributed by atoms with Gasteiger partial charge in [-0.05, 0) is 49.9 Å². The number of β-lactam (4-membered cyclic amide) rings is 1. The number of benzene rings is 1. The van der Waals surface area contributed by atoms with Gasteiger partial charge in [0.25, 0.3) is 0 Å². The van der Waals surface area contributed by atoms with Crippen LogP contribution in [-0.4, -0.2) is 57.4 Å². The van der Waals surface area contributed by atoms with Crippen molar-refractivity contribution < 1.29 is 23.4 Å². The lowest BCUT2D eigenvalue weighted by molar-refractivity contribution is -0.148. The summed E-state index contributed by atoms with van der Waals surface area (Å²) in [6.45, 7) is 14.9. The van der Waals surface area contributed by atoms with Gasteiger partial charge in [0, 0.05) is 0 Å². The summed E-state index contributed by atoms with van der Waals surface area (Å²) in [5.74, 6) is -0.118. The fraction of sp³-hybridized carbons (Fsp3) is 0.731. The highest BCUT2D eigenvalue weighted by molar-refractivity contribution is 6.74. The number of epoxide rings is 1. The molecule has 0 spiro atoms. The van der Waals surface area contributed by atoms with Crippen LogP contribution in [-0.2, 0) is 30.0 Å². The summed E-state index contributed by atoms with van der Waals surface area (Å²) in [4.78, 5) is 12.7. The van der Waals surface area contributed by atoms with E-state index in [2.05, 4.69) is 58.2 Å². The second-order valence-electron chi connectivity index (χ2n) is 11.4. The molecule has 0 aromatic heterocycles. The Labute approximate surface area is 199 Å². The normalized spacial score (nSPS) is 32.5. The number of nitrogens with one attached hydrogen (secondary N) is 1. The Kier molecular flexibility index (Phi) is 7.09. The molecule has 2 saturated heterocycles. The molecule has 1 aliphatic carbocycles. The Hall–Kier alpha value is -1.25. The van der Waals surface area contributed by atoms with E-state index in [4.69, 9.17) is 18.6 Å². The molecule has 2 heterocycles. The lowest BCUT2D eigenvalue weighted by Crippen LogP contribution is -2.72. The molecule has 1 unspecified atom stereocenters. The maximum Gasteiger partial charge on any atom is 0.228 e. The van der Waals surface area contributed by atoms with Crippen LogP contribution in [0.1, 0.15) is 52.5 Å². The van der Waals surface area contributed by atoms with Gasteiger partial charge in [-0.1, -0.05) is 51.1 Å². The minimum absolute atomic E-state index is 0.0234. The summed E-state index contributed by atoms with van der Waals surface area (Å²) in [5.41, 5.74) is 0.745. The van der Waals surface area contributed by atoms with Crippen LogP contribution in [0.25, 0.3) is 0 Å². The largest absolute Gasteiger partial charge is 0.413 e. The molecule has 6 atom stereocenters. The van der Waals surface area contributed by atoms with Gasteiger partial charge in [-0.25, -0.2) is 0 Å². The first-order valence-electron chi connectivity index (χ1n) is 12.5. The van der Waals surface area contributed by atoms with Gasteiger partial charge >= 0.3 is 0 Å². The van der Waals surface area contributed by atoms with Gasteiger partial charge in [0.1, 0.15) is 5.60 Å². The molecule has 6 nitrogen and oxygen atoms in total. The predicted molar refractivity (Wildman–Crippen MR) is 130 cm³/mol. The Morgan fingerprint density at radius 3 is 2.58 bits per heavy atom. The number of amides is 1. The van der Waals surface area contributed by atoms with Gasteiger partial charge in [0.15, 0.2) is 8.32 Å². The second kappa shape index (κ2) is 9.42. The Morgan fingerprint density at radius 1 is 1.18 bits per heavy atom. The number of fused-ring (bicyclic) bond motifs is 1. The molecule has 1 N–H and O–H groups in total. The minimum atomic E-state index is -1.98. The molecule has 4 rings (SSSR count). The molecule has 1 aromatic carbocycles. The van der Waals surface area contributed by atoms with Gasteiger partial charge < -0.3 is 24.0 Å². The summed E-state index contributed by atoms with van der Waals surface area (Å²) in [7, 11) is -1.98. The fourth-order valence-corrected chi connectivity index (χ4v) is 6.61. The van der Waals surface area contributed by atoms with Crippen LogP contribution in [0.4, 0.5) is 0 Å². The molecule has 1 aromatic rings. The zero-order valence-corrected chi connectivity index (χ0v) is 22.1. The molecule has 0 radical (unpaired) electrons. The monoisotopic (exact) mass is 475 g/mol. The molecule has 1 saturated carbocycles. The summed E-state index contributed by atoms with van der Waals surface area (Å²) in [6.07, 6.45) is 3.07. The van der Waals surface area contributed by atoms with Crippen LogP contribution in [0.15, 0.2) is 30.3 Å². The predicted octanol–water partition coefficient (Wildman–Crippen LogP) is 4.43. The van der Waals surface area contributed by atoms with Crippen LogP contribution < -0.4 is 5.32 Å². The topological polar surface area (TPSA) is 69.3 Å². The van der Waals surface area contributed by atoms with Gasteiger partial charge in [0.2, 0.25) is 5.91 Å². The zero-order valence-electron chi connectivity index (χ0n) is 21.1. The molecule has 2 aliphatic heterocycles. The van der Waals surface area contributed by atoms with Crippen LogP contribution >= 0.6 is 0 Å². The quantitative estimate of drug-likeness (QED) is 0.235. The number of carbonyl (C=O) groups excluding carboxylic acids is 1. The molecule has 1 amide bonds. The Bertz CT molecular complexity index is 826. The number of rotatable bonds is 10. The third-order valence-corrected chi connectivity index (χ3v) is 12.7. The maximum atomic E-state index is 12.7. The van der Waals surface area contributed by atoms with E-state index in [1.54, 1.807) is 0 Å². The van der Waals surface area contributed by atoms with Crippen molar-refractivity contribution in [3.8, 4) is 0 Å². The van der Waals surface area contributed by atoms with Crippen LogP contribution in [0, 0.1) is 5.92 Å². The lowest BCUT2D eigenvalue weighted by atomic mass is 9.70. The van der Waals surface area contributed by atoms with E-state index in [-0.39, 0.29) is 41.2 Å². The van der Waals surface area contributed by atoms with Crippen molar-refractivity contribution in [2.75, 3.05) is 13.2 Å². The molecular formula is C26H41NO5Si. The highest BCUT2D eigenvalue weighted by Crippen LogP contribution is 2.55. The zero-order chi connectivity index (χ0) is 23.9. The van der Waals surface area contributed by atoms with Crippen LogP contribution in [0.5, 0.6) is 0 Å². The molecule has 7 heteroatoms. The van der Waals surface area contributed by atoms with Gasteiger partial charge in [0.05, 0.1) is 50.1 Å². The van der Waals surface area contributed by atoms with Crippen LogP contribution in [0.2, 0.25) is 18.1 Å². The SMILES string of the molecule is C[C@@H](O[Si](C)(C)C(C)(C)C)[C@H]1C(=O)N[C@H]1[C@@]12O[C@H]1CCCC2OCCOCc1ccccc1. The highest BCUT2D eigenvalue weighted by Gasteiger charge is 2.73. The Balaban J connectivity index is 1.34. The molecule has 3 fully saturated rings. The third-order valence-electron chi connectivity index (χ3n) is 8.12. The lowest BCUT2D eigenvalue weighted by Gasteiger charge is -2.49. The molecule has 184 valence electrons. The Morgan fingerprint density at radius 2 is 1.91 bits per heavy atom. The fourth-order valence-electron chi connectivity index (χ4n) is 5.18. The average Bonchev–Trinajstić information content (AvgIpc) is 3.47. The third kappa shape index (κ3) is 4.94. The number of carbonyl (C=O) groups is 1. The van der Waals surface area contributed by atoms with E-state index in [0.29, 0.717) is 19.8 Å². The maximum absolute atomic E-state index is 12.7. The van der Waals surface area contributed by atoms with Crippen LogP contribution in [0.3, 0.4) is 0 Å². The summed E-state index contributed by atoms with van der Waals surface area (Å²) >= 11 is 0. The van der Waals surface area contributed by atoms with Crippen molar-refractivity contribution in [2.45, 2.75) is 102 Å². The molecule has 33 heavy (non-hydrogen) atoms. The summed E-state index contributed by atoms with van der Waals surface area (Å²) in [5, 5.41) is 3.26. The minimum Gasteiger partial charge on any atom is -0.413 e. The van der Waals surface area contributed by atoms with Crippen molar-refractivity contribution in [2.24, 2.45) is 5.92 Å². The standard InChI is InChI=1S/C26H41NO5Si/c1-18(32-33(5,6)25(2,3)4)22-23(27-24(22)28)26-20(13-10-14-21(26)31-26)30-16-15-29-17-19-11-8-7-9-12-19/h7-9,11-12,18,20-23H,10,13-17H2,1-6H3,(H,27,28)/t18-,20?,21+,22-,23-,26+/m1/s1. The van der Waals surface area contributed by atoms with E-state index in [1.807, 2.05) is 18.2 Å². The first-order chi connectivity index (χ1) is 15.6. The summed E-state index contributed by atoms with van der Waals surface area (Å²) in [6, 6.07) is 10.1. The smallest absolute Gasteiger partial charge is 0.228 e. The van der Waals surface area contributed by atoms with E-state index in [9.17, 15) is 4.79 Å². The van der Waals surface area contributed by atoms with Gasteiger partial charge in [-0.15, -0.1) is 0 Å². The molecular weight excluding hydrogens is 434 g/mol. The van der Waals surface area contributed by atoms with Crippen molar-refractivity contribution in [3.63, 3.8) is 0 Å². The highest BCUT2D eigenvalue weighted by atomic mass is 28.4. The number of hydrogen-bond donors (Lipinski definition) is 1. The van der Waals surface area contributed by atoms with E-state index in [0.717, 1.165) is 24.8 Å². The molecule has 3 aliphatic rings. The van der Waals surface area contributed by atoms with Crippen molar-refractivity contribution in [1.82, 2.24) is 5.32 Å². The van der Waals surface area contributed by atoms with E-state index in [1.165, 1.54) is 0 Å². The van der Waals surface area contributed by atoms with Crippen molar-refractivity contribution in [3.05, 3.63) is 35.9 Å². The first kappa shape index (κ1) is 24.9. The molecule has 0 bridgehead atoms. The average molecular weight is 476 g/mol. The van der Waals surface area contributed by atoms with Gasteiger partial charge in [-0.2, -0.15) is 0 Å². The first-order valence-corrected chi connectivity index (χ1v) is 15.4. The van der Waals surface area contributed by atoms with E-state index < -0.39 is 13.9 Å².